The smallest absolute Gasteiger partial charge is 0.134 e. The van der Waals surface area contributed by atoms with Gasteiger partial charge in [0.15, 0.2) is 0 Å². The number of nitrogens with one attached hydrogen (secondary N) is 1. The molecular weight excluding hydrogens is 514 g/mol. The monoisotopic (exact) mass is 549 g/mol. The summed E-state index contributed by atoms with van der Waals surface area (Å²) in [5.41, 5.74) is 2.85. The standard InChI is InChI=1S/C31H36ClN3O2S/c1-31(2,18-21-10-11-22-7-4-5-8-23(22)15-21)33-19-29(36)28-9-6-14-35(28)20-25-16-24-17-26(38(3)37)12-13-27(24)34-30(25)32/h4-5,7-8,10-13,15-17,28-29,33,36H,6,9,14,18-20H2,1-3H3/t28-,29-,38?/m1/s1. The molecule has 5 rings (SSSR count). The van der Waals surface area contributed by atoms with Crippen LogP contribution in [0.15, 0.2) is 71.6 Å². The molecule has 0 amide bonds. The van der Waals surface area contributed by atoms with Gasteiger partial charge in [-0.2, -0.15) is 0 Å². The second kappa shape index (κ2) is 11.4. The van der Waals surface area contributed by atoms with Crippen molar-refractivity contribution in [2.75, 3.05) is 19.3 Å². The van der Waals surface area contributed by atoms with Crippen molar-refractivity contribution in [1.82, 2.24) is 15.2 Å². The first-order chi connectivity index (χ1) is 18.2. The molecule has 1 saturated heterocycles. The molecule has 0 radical (unpaired) electrons. The summed E-state index contributed by atoms with van der Waals surface area (Å²) in [4.78, 5) is 7.68. The Hall–Kier alpha value is -2.35. The summed E-state index contributed by atoms with van der Waals surface area (Å²) in [5, 5.41) is 18.8. The summed E-state index contributed by atoms with van der Waals surface area (Å²) >= 11 is 6.57. The van der Waals surface area contributed by atoms with Gasteiger partial charge in [-0.25, -0.2) is 4.98 Å². The molecule has 1 aliphatic rings. The summed E-state index contributed by atoms with van der Waals surface area (Å²) in [5.74, 6) is 0. The van der Waals surface area contributed by atoms with Crippen molar-refractivity contribution >= 4 is 44.1 Å². The largest absolute Gasteiger partial charge is 0.390 e. The van der Waals surface area contributed by atoms with E-state index in [0.29, 0.717) is 18.2 Å². The lowest BCUT2D eigenvalue weighted by Crippen LogP contribution is -2.50. The van der Waals surface area contributed by atoms with Gasteiger partial charge in [-0.1, -0.05) is 54.1 Å². The number of nitrogens with zero attached hydrogens (tertiary/aromatic N) is 2. The van der Waals surface area contributed by atoms with Crippen molar-refractivity contribution in [3.8, 4) is 0 Å². The Morgan fingerprint density at radius 3 is 2.68 bits per heavy atom. The lowest BCUT2D eigenvalue weighted by molar-refractivity contribution is 0.0633. The van der Waals surface area contributed by atoms with Crippen molar-refractivity contribution in [1.29, 1.82) is 0 Å². The Kier molecular flexibility index (Phi) is 8.17. The molecule has 5 nitrogen and oxygen atoms in total. The van der Waals surface area contributed by atoms with Gasteiger partial charge in [0, 0.05) is 57.6 Å². The molecule has 4 aromatic rings. The van der Waals surface area contributed by atoms with Crippen LogP contribution in [0.25, 0.3) is 21.7 Å². The highest BCUT2D eigenvalue weighted by Gasteiger charge is 2.32. The Morgan fingerprint density at radius 2 is 1.89 bits per heavy atom. The predicted octanol–water partition coefficient (Wildman–Crippen LogP) is 5.72. The highest BCUT2D eigenvalue weighted by molar-refractivity contribution is 7.84. The maximum absolute atomic E-state index is 11.9. The molecule has 3 atom stereocenters. The zero-order valence-electron chi connectivity index (χ0n) is 22.3. The van der Waals surface area contributed by atoms with Gasteiger partial charge in [0.1, 0.15) is 5.15 Å². The number of aromatic nitrogens is 1. The van der Waals surface area contributed by atoms with Crippen LogP contribution < -0.4 is 5.32 Å². The number of likely N-dealkylation sites (tertiary alicyclic amines) is 1. The third-order valence-corrected chi connectivity index (χ3v) is 8.87. The molecule has 1 fully saturated rings. The molecule has 0 aliphatic carbocycles. The summed E-state index contributed by atoms with van der Waals surface area (Å²) in [6, 6.07) is 22.8. The first-order valence-electron chi connectivity index (χ1n) is 13.3. The lowest BCUT2D eigenvalue weighted by atomic mass is 9.93. The topological polar surface area (TPSA) is 65.5 Å². The maximum Gasteiger partial charge on any atom is 0.134 e. The fourth-order valence-electron chi connectivity index (χ4n) is 5.61. The number of fused-ring (bicyclic) bond motifs is 2. The quantitative estimate of drug-likeness (QED) is 0.262. The van der Waals surface area contributed by atoms with E-state index < -0.39 is 16.9 Å². The van der Waals surface area contributed by atoms with Crippen LogP contribution in [0.1, 0.15) is 37.8 Å². The molecule has 1 aromatic heterocycles. The Balaban J connectivity index is 1.23. The molecule has 7 heteroatoms. The van der Waals surface area contributed by atoms with Crippen LogP contribution in [0.4, 0.5) is 0 Å². The summed E-state index contributed by atoms with van der Waals surface area (Å²) < 4.78 is 11.9. The van der Waals surface area contributed by atoms with Crippen LogP contribution in [0, 0.1) is 0 Å². The normalized spacial score (nSPS) is 18.3. The molecule has 2 N–H and O–H groups in total. The Morgan fingerprint density at radius 1 is 1.11 bits per heavy atom. The minimum Gasteiger partial charge on any atom is -0.390 e. The number of aliphatic hydroxyl groups excluding tert-OH is 1. The van der Waals surface area contributed by atoms with Gasteiger partial charge in [0.2, 0.25) is 0 Å². The van der Waals surface area contributed by atoms with Crippen LogP contribution >= 0.6 is 11.6 Å². The van der Waals surface area contributed by atoms with Crippen molar-refractivity contribution in [2.45, 2.75) is 62.2 Å². The van der Waals surface area contributed by atoms with Gasteiger partial charge in [-0.15, -0.1) is 0 Å². The molecule has 0 spiro atoms. The lowest BCUT2D eigenvalue weighted by Gasteiger charge is -2.33. The number of aliphatic hydroxyl groups is 1. The van der Waals surface area contributed by atoms with Crippen molar-refractivity contribution in [2.24, 2.45) is 0 Å². The van der Waals surface area contributed by atoms with Crippen molar-refractivity contribution in [3.63, 3.8) is 0 Å². The summed E-state index contributed by atoms with van der Waals surface area (Å²) in [7, 11) is -1.05. The van der Waals surface area contributed by atoms with E-state index >= 15 is 0 Å². The number of rotatable bonds is 9. The molecule has 200 valence electrons. The molecule has 3 aromatic carbocycles. The second-order valence-corrected chi connectivity index (χ2v) is 12.9. The van der Waals surface area contributed by atoms with Crippen LogP contribution in [-0.2, 0) is 23.8 Å². The molecule has 1 aliphatic heterocycles. The van der Waals surface area contributed by atoms with Crippen LogP contribution in [0.2, 0.25) is 5.15 Å². The Bertz CT molecular complexity index is 1470. The molecule has 0 bridgehead atoms. The van der Waals surface area contributed by atoms with Crippen molar-refractivity contribution in [3.05, 3.63) is 83.0 Å². The molecule has 2 heterocycles. The van der Waals surface area contributed by atoms with E-state index in [1.165, 1.54) is 16.3 Å². The van der Waals surface area contributed by atoms with Gasteiger partial charge in [-0.05, 0) is 80.3 Å². The number of β-amino-alcohol motifs (C(OH)–C–C–N with tert-alkyl or cyclic N) is 1. The molecule has 38 heavy (non-hydrogen) atoms. The Labute approximate surface area is 232 Å². The number of halogens is 1. The van der Waals surface area contributed by atoms with Crippen LogP contribution in [0.5, 0.6) is 0 Å². The maximum atomic E-state index is 11.9. The third-order valence-electron chi connectivity index (χ3n) is 7.63. The molecular formula is C31H36ClN3O2S. The fraction of sp³-hybridized carbons (Fsp3) is 0.387. The number of hydrogen-bond donors (Lipinski definition) is 2. The average molecular weight is 550 g/mol. The minimum absolute atomic E-state index is 0.0558. The minimum atomic E-state index is -1.05. The van der Waals surface area contributed by atoms with E-state index in [-0.39, 0.29) is 11.6 Å². The third kappa shape index (κ3) is 6.27. The van der Waals surface area contributed by atoms with Crippen LogP contribution in [-0.4, -0.2) is 56.2 Å². The number of pyridine rings is 1. The number of benzene rings is 3. The van der Waals surface area contributed by atoms with Gasteiger partial charge in [-0.3, -0.25) is 9.11 Å². The highest BCUT2D eigenvalue weighted by atomic mass is 35.5. The highest BCUT2D eigenvalue weighted by Crippen LogP contribution is 2.28. The first kappa shape index (κ1) is 27.2. The van der Waals surface area contributed by atoms with Crippen LogP contribution in [0.3, 0.4) is 0 Å². The zero-order chi connectivity index (χ0) is 26.9. The van der Waals surface area contributed by atoms with Gasteiger partial charge < -0.3 is 10.4 Å². The zero-order valence-corrected chi connectivity index (χ0v) is 23.9. The van der Waals surface area contributed by atoms with E-state index in [1.807, 2.05) is 24.3 Å². The second-order valence-electron chi connectivity index (χ2n) is 11.1. The summed E-state index contributed by atoms with van der Waals surface area (Å²) in [6.07, 6.45) is 4.06. The number of hydrogen-bond acceptors (Lipinski definition) is 5. The summed E-state index contributed by atoms with van der Waals surface area (Å²) in [6.45, 7) is 6.45. The van der Waals surface area contributed by atoms with Crippen molar-refractivity contribution < 1.29 is 9.32 Å². The van der Waals surface area contributed by atoms with E-state index in [2.05, 4.69) is 71.5 Å². The van der Waals surface area contributed by atoms with E-state index in [9.17, 15) is 9.32 Å². The predicted molar refractivity (Wildman–Crippen MR) is 158 cm³/mol. The van der Waals surface area contributed by atoms with Gasteiger partial charge in [0.05, 0.1) is 11.6 Å². The average Bonchev–Trinajstić information content (AvgIpc) is 3.35. The van der Waals surface area contributed by atoms with E-state index in [4.69, 9.17) is 11.6 Å². The SMILES string of the molecule is CS(=O)c1ccc2nc(Cl)c(CN3CCC[C@@H]3[C@H](O)CNC(C)(C)Cc3ccc4ccccc4c3)cc2c1. The molecule has 0 saturated carbocycles. The van der Waals surface area contributed by atoms with Gasteiger partial charge >= 0.3 is 0 Å². The van der Waals surface area contributed by atoms with E-state index in [0.717, 1.165) is 47.2 Å². The molecule has 1 unspecified atom stereocenters. The van der Waals surface area contributed by atoms with Gasteiger partial charge in [0.25, 0.3) is 0 Å². The fourth-order valence-corrected chi connectivity index (χ4v) is 6.36. The van der Waals surface area contributed by atoms with E-state index in [1.54, 1.807) is 6.26 Å². The first-order valence-corrected chi connectivity index (χ1v) is 15.2.